The third-order valence-electron chi connectivity index (χ3n) is 8.13. The quantitative estimate of drug-likeness (QED) is 0.504. The lowest BCUT2D eigenvalue weighted by atomic mass is 9.52. The first kappa shape index (κ1) is 22.2. The maximum absolute atomic E-state index is 13.3. The number of carbonyl (C=O) groups is 1. The van der Waals surface area contributed by atoms with E-state index in [0.717, 1.165) is 61.8 Å². The standard InChI is InChI=1S/C27H32N6O2/c1-2-6-33-15-21(13-30-33)17-4-3-5-18(9-17)22-14-29-25(28)24(31-22)26(34)32-23-19-7-16-8-20(23)12-27(35,10-16)11-19/h3-5,9,13-16,19-20,23,35H,2,6-8,10-12H2,1H3,(H2,28,29)(H,32,34). The normalized spacial score (nSPS) is 28.9. The monoisotopic (exact) mass is 472 g/mol. The van der Waals surface area contributed by atoms with Gasteiger partial charge in [-0.1, -0.05) is 25.1 Å². The van der Waals surface area contributed by atoms with Gasteiger partial charge in [-0.2, -0.15) is 5.10 Å². The van der Waals surface area contributed by atoms with Crippen molar-refractivity contribution in [2.24, 2.45) is 17.8 Å². The fraction of sp³-hybridized carbons (Fsp3) is 0.481. The fourth-order valence-electron chi connectivity index (χ4n) is 6.86. The molecule has 2 aromatic heterocycles. The molecule has 4 fully saturated rings. The number of nitrogens with zero attached hydrogens (tertiary/aromatic N) is 4. The van der Waals surface area contributed by atoms with E-state index < -0.39 is 5.60 Å². The van der Waals surface area contributed by atoms with Crippen LogP contribution in [0.2, 0.25) is 0 Å². The molecule has 4 aliphatic rings. The van der Waals surface area contributed by atoms with Crippen LogP contribution >= 0.6 is 0 Å². The van der Waals surface area contributed by atoms with Crippen molar-refractivity contribution in [2.45, 2.75) is 63.6 Å². The first-order valence-electron chi connectivity index (χ1n) is 12.7. The summed E-state index contributed by atoms with van der Waals surface area (Å²) in [6.45, 7) is 3.01. The minimum absolute atomic E-state index is 0.0622. The number of hydrogen-bond acceptors (Lipinski definition) is 6. The van der Waals surface area contributed by atoms with Gasteiger partial charge < -0.3 is 16.2 Å². The third-order valence-corrected chi connectivity index (χ3v) is 8.13. The Morgan fingerprint density at radius 2 is 1.94 bits per heavy atom. The van der Waals surface area contributed by atoms with Crippen molar-refractivity contribution < 1.29 is 9.90 Å². The number of anilines is 1. The number of carbonyl (C=O) groups excluding carboxylic acids is 1. The van der Waals surface area contributed by atoms with E-state index in [2.05, 4.69) is 27.3 Å². The molecule has 0 radical (unpaired) electrons. The molecule has 0 saturated heterocycles. The first-order chi connectivity index (χ1) is 16.9. The highest BCUT2D eigenvalue weighted by atomic mass is 16.3. The topological polar surface area (TPSA) is 119 Å². The van der Waals surface area contributed by atoms with Crippen molar-refractivity contribution in [3.63, 3.8) is 0 Å². The van der Waals surface area contributed by atoms with Crippen LogP contribution in [-0.4, -0.2) is 42.4 Å². The van der Waals surface area contributed by atoms with Gasteiger partial charge in [0, 0.05) is 29.9 Å². The van der Waals surface area contributed by atoms with Crippen LogP contribution in [0.15, 0.2) is 42.9 Å². The zero-order valence-electron chi connectivity index (χ0n) is 20.0. The summed E-state index contributed by atoms with van der Waals surface area (Å²) in [6.07, 6.45) is 11.2. The first-order valence-corrected chi connectivity index (χ1v) is 12.7. The molecule has 4 N–H and O–H groups in total. The van der Waals surface area contributed by atoms with Crippen LogP contribution in [0.4, 0.5) is 5.82 Å². The molecular weight excluding hydrogens is 440 g/mol. The average Bonchev–Trinajstić information content (AvgIpc) is 3.30. The summed E-state index contributed by atoms with van der Waals surface area (Å²) in [5.41, 5.74) is 9.27. The lowest BCUT2D eigenvalue weighted by Gasteiger charge is -2.58. The molecule has 3 aromatic rings. The summed E-state index contributed by atoms with van der Waals surface area (Å²) in [6, 6.07) is 8.06. The Balaban J connectivity index is 1.24. The molecule has 182 valence electrons. The van der Waals surface area contributed by atoms with Crippen molar-refractivity contribution >= 4 is 11.7 Å². The fourth-order valence-corrected chi connectivity index (χ4v) is 6.86. The highest BCUT2D eigenvalue weighted by Gasteiger charge is 2.55. The van der Waals surface area contributed by atoms with E-state index >= 15 is 0 Å². The molecule has 1 amide bonds. The number of nitrogens with two attached hydrogens (primary N) is 1. The predicted octanol–water partition coefficient (Wildman–Crippen LogP) is 3.67. The average molecular weight is 473 g/mol. The Labute approximate surface area is 205 Å². The molecule has 8 nitrogen and oxygen atoms in total. The summed E-state index contributed by atoms with van der Waals surface area (Å²) in [5, 5.41) is 18.5. The lowest BCUT2D eigenvalue weighted by molar-refractivity contribution is -0.136. The summed E-state index contributed by atoms with van der Waals surface area (Å²) in [7, 11) is 0. The molecule has 4 saturated carbocycles. The number of aromatic nitrogens is 4. The number of amides is 1. The van der Waals surface area contributed by atoms with E-state index in [1.165, 1.54) is 0 Å². The Kier molecular flexibility index (Phi) is 5.36. The van der Waals surface area contributed by atoms with Gasteiger partial charge in [-0.3, -0.25) is 9.48 Å². The Morgan fingerprint density at radius 3 is 2.69 bits per heavy atom. The van der Waals surface area contributed by atoms with Gasteiger partial charge in [0.15, 0.2) is 11.5 Å². The molecule has 0 spiro atoms. The molecule has 4 aliphatic carbocycles. The second-order valence-electron chi connectivity index (χ2n) is 10.8. The number of nitrogens with one attached hydrogen (secondary N) is 1. The number of hydrogen-bond donors (Lipinski definition) is 3. The summed E-state index contributed by atoms with van der Waals surface area (Å²) < 4.78 is 1.94. The minimum Gasteiger partial charge on any atom is -0.390 e. The highest BCUT2D eigenvalue weighted by Crippen LogP contribution is 2.55. The van der Waals surface area contributed by atoms with E-state index in [9.17, 15) is 9.90 Å². The number of aliphatic hydroxyl groups is 1. The summed E-state index contributed by atoms with van der Waals surface area (Å²) in [4.78, 5) is 22.2. The smallest absolute Gasteiger partial charge is 0.273 e. The highest BCUT2D eigenvalue weighted by molar-refractivity contribution is 5.97. The molecule has 1 aromatic carbocycles. The van der Waals surface area contributed by atoms with Crippen molar-refractivity contribution in [3.8, 4) is 22.4 Å². The van der Waals surface area contributed by atoms with Crippen LogP contribution in [0.3, 0.4) is 0 Å². The molecule has 2 unspecified atom stereocenters. The Bertz CT molecular complexity index is 1250. The maximum Gasteiger partial charge on any atom is 0.273 e. The largest absolute Gasteiger partial charge is 0.390 e. The molecular formula is C27H32N6O2. The number of aryl methyl sites for hydroxylation is 1. The van der Waals surface area contributed by atoms with Gasteiger partial charge in [0.25, 0.3) is 5.91 Å². The van der Waals surface area contributed by atoms with Crippen LogP contribution in [0.5, 0.6) is 0 Å². The number of benzene rings is 1. The van der Waals surface area contributed by atoms with Crippen molar-refractivity contribution in [2.75, 3.05) is 5.73 Å². The molecule has 8 heteroatoms. The van der Waals surface area contributed by atoms with E-state index in [0.29, 0.717) is 23.4 Å². The maximum atomic E-state index is 13.3. The lowest BCUT2D eigenvalue weighted by Crippen LogP contribution is -2.61. The van der Waals surface area contributed by atoms with Gasteiger partial charge in [0.1, 0.15) is 0 Å². The Hall–Kier alpha value is -3.26. The van der Waals surface area contributed by atoms with E-state index in [4.69, 9.17) is 5.73 Å². The van der Waals surface area contributed by atoms with E-state index in [-0.39, 0.29) is 23.5 Å². The molecule has 2 atom stereocenters. The van der Waals surface area contributed by atoms with Gasteiger partial charge >= 0.3 is 0 Å². The van der Waals surface area contributed by atoms with Gasteiger partial charge in [-0.25, -0.2) is 9.97 Å². The number of rotatable bonds is 6. The SMILES string of the molecule is CCCn1cc(-c2cccc(-c3cnc(N)c(C(=O)NC4C5CC6CC4CC(O)(C6)C5)n3)c2)cn1. The molecule has 35 heavy (non-hydrogen) atoms. The zero-order valence-corrected chi connectivity index (χ0v) is 20.0. The van der Waals surface area contributed by atoms with E-state index in [1.807, 2.05) is 41.3 Å². The van der Waals surface area contributed by atoms with Gasteiger partial charge in [-0.15, -0.1) is 0 Å². The van der Waals surface area contributed by atoms with Crippen molar-refractivity contribution in [3.05, 3.63) is 48.5 Å². The van der Waals surface area contributed by atoms with Gasteiger partial charge in [0.05, 0.1) is 23.7 Å². The summed E-state index contributed by atoms with van der Waals surface area (Å²) in [5.74, 6) is 1.07. The Morgan fingerprint density at radius 1 is 1.17 bits per heavy atom. The van der Waals surface area contributed by atoms with Crippen LogP contribution < -0.4 is 11.1 Å². The van der Waals surface area contributed by atoms with Gasteiger partial charge in [-0.05, 0) is 67.9 Å². The third kappa shape index (κ3) is 4.10. The van der Waals surface area contributed by atoms with Crippen LogP contribution in [0.25, 0.3) is 22.4 Å². The summed E-state index contributed by atoms with van der Waals surface area (Å²) >= 11 is 0. The molecule has 7 rings (SSSR count). The van der Waals surface area contributed by atoms with Crippen LogP contribution in [0, 0.1) is 17.8 Å². The number of nitrogen functional groups attached to an aromatic ring is 1. The molecule has 0 aliphatic heterocycles. The van der Waals surface area contributed by atoms with Crippen LogP contribution in [-0.2, 0) is 6.54 Å². The molecule has 4 bridgehead atoms. The predicted molar refractivity (Wildman–Crippen MR) is 133 cm³/mol. The second kappa shape index (κ2) is 8.45. The second-order valence-corrected chi connectivity index (χ2v) is 10.8. The zero-order chi connectivity index (χ0) is 24.2. The van der Waals surface area contributed by atoms with Crippen molar-refractivity contribution in [1.82, 2.24) is 25.1 Å². The van der Waals surface area contributed by atoms with E-state index in [1.54, 1.807) is 6.20 Å². The molecule has 2 heterocycles. The van der Waals surface area contributed by atoms with Crippen LogP contribution in [0.1, 0.15) is 55.9 Å². The van der Waals surface area contributed by atoms with Crippen molar-refractivity contribution in [1.29, 1.82) is 0 Å². The van der Waals surface area contributed by atoms with Gasteiger partial charge in [0.2, 0.25) is 0 Å². The minimum atomic E-state index is -0.533.